The second kappa shape index (κ2) is 8.64. The third-order valence-corrected chi connectivity index (χ3v) is 5.16. The van der Waals surface area contributed by atoms with Gasteiger partial charge in [-0.15, -0.1) is 0 Å². The number of carboxylic acids is 1. The van der Waals surface area contributed by atoms with Gasteiger partial charge in [0.25, 0.3) is 0 Å². The molecule has 0 spiro atoms. The van der Waals surface area contributed by atoms with Gasteiger partial charge >= 0.3 is 5.97 Å². The van der Waals surface area contributed by atoms with Crippen molar-refractivity contribution < 1.29 is 9.90 Å². The lowest BCUT2D eigenvalue weighted by molar-refractivity contribution is 0.0698. The molecule has 0 amide bonds. The van der Waals surface area contributed by atoms with E-state index in [2.05, 4.69) is 47.2 Å². The van der Waals surface area contributed by atoms with E-state index in [0.29, 0.717) is 5.69 Å². The SMILES string of the molecule is O=C(O)c1ccccc1NNC(c1ccccc1)(c1ccccc1)c1ccccc1. The molecule has 0 aromatic heterocycles. The summed E-state index contributed by atoms with van der Waals surface area (Å²) in [5, 5.41) is 9.58. The zero-order valence-electron chi connectivity index (χ0n) is 16.3. The summed E-state index contributed by atoms with van der Waals surface area (Å²) in [6.45, 7) is 0. The summed E-state index contributed by atoms with van der Waals surface area (Å²) < 4.78 is 0. The van der Waals surface area contributed by atoms with Gasteiger partial charge in [0.2, 0.25) is 0 Å². The third kappa shape index (κ3) is 3.69. The Hall–Kier alpha value is -3.89. The number of hydrogen-bond acceptors (Lipinski definition) is 3. The molecule has 4 aromatic rings. The number of benzene rings is 4. The second-order valence-electron chi connectivity index (χ2n) is 6.95. The fraction of sp³-hybridized carbons (Fsp3) is 0.0385. The second-order valence-corrected chi connectivity index (χ2v) is 6.95. The maximum absolute atomic E-state index is 11.7. The summed E-state index contributed by atoms with van der Waals surface area (Å²) in [4.78, 5) is 11.7. The highest BCUT2D eigenvalue weighted by molar-refractivity contribution is 5.94. The summed E-state index contributed by atoms with van der Waals surface area (Å²) in [6.07, 6.45) is 0. The normalized spacial score (nSPS) is 11.1. The summed E-state index contributed by atoms with van der Waals surface area (Å²) in [7, 11) is 0. The van der Waals surface area contributed by atoms with E-state index in [0.717, 1.165) is 16.7 Å². The van der Waals surface area contributed by atoms with Crippen LogP contribution in [0.15, 0.2) is 115 Å². The Morgan fingerprint density at radius 3 is 1.43 bits per heavy atom. The Labute approximate surface area is 175 Å². The van der Waals surface area contributed by atoms with Crippen molar-refractivity contribution in [2.75, 3.05) is 5.43 Å². The van der Waals surface area contributed by atoms with Crippen LogP contribution in [-0.4, -0.2) is 11.1 Å². The topological polar surface area (TPSA) is 61.4 Å². The van der Waals surface area contributed by atoms with E-state index in [4.69, 9.17) is 0 Å². The van der Waals surface area contributed by atoms with E-state index < -0.39 is 11.5 Å². The van der Waals surface area contributed by atoms with Crippen molar-refractivity contribution >= 4 is 11.7 Å². The summed E-state index contributed by atoms with van der Waals surface area (Å²) in [5.41, 5.74) is 9.73. The minimum atomic E-state index is -0.982. The minimum absolute atomic E-state index is 0.202. The molecule has 0 aliphatic rings. The number of hydrogen-bond donors (Lipinski definition) is 3. The Morgan fingerprint density at radius 2 is 1.00 bits per heavy atom. The molecule has 0 radical (unpaired) electrons. The molecule has 148 valence electrons. The fourth-order valence-corrected chi connectivity index (χ4v) is 3.72. The first-order valence-electron chi connectivity index (χ1n) is 9.74. The standard InChI is InChI=1S/C26H22N2O2/c29-25(30)23-18-10-11-19-24(23)27-28-26(20-12-4-1-5-13-20,21-14-6-2-7-15-21)22-16-8-3-9-17-22/h1-19,27-28H,(H,29,30). The van der Waals surface area contributed by atoms with E-state index in [9.17, 15) is 9.90 Å². The Kier molecular flexibility index (Phi) is 5.59. The number of rotatable bonds is 7. The average Bonchev–Trinajstić information content (AvgIpc) is 2.82. The summed E-state index contributed by atoms with van der Waals surface area (Å²) >= 11 is 0. The van der Waals surface area contributed by atoms with Crippen molar-refractivity contribution in [3.05, 3.63) is 138 Å². The molecule has 0 atom stereocenters. The van der Waals surface area contributed by atoms with Crippen LogP contribution in [-0.2, 0) is 5.54 Å². The van der Waals surface area contributed by atoms with Crippen molar-refractivity contribution in [3.8, 4) is 0 Å². The first kappa shape index (κ1) is 19.4. The summed E-state index contributed by atoms with van der Waals surface area (Å²) in [6, 6.07) is 37.2. The maximum atomic E-state index is 11.7. The first-order valence-corrected chi connectivity index (χ1v) is 9.74. The van der Waals surface area contributed by atoms with Crippen molar-refractivity contribution in [2.45, 2.75) is 5.54 Å². The van der Waals surface area contributed by atoms with Crippen molar-refractivity contribution in [3.63, 3.8) is 0 Å². The van der Waals surface area contributed by atoms with E-state index in [1.807, 2.05) is 60.7 Å². The van der Waals surface area contributed by atoms with Gasteiger partial charge in [-0.3, -0.25) is 0 Å². The smallest absolute Gasteiger partial charge is 0.337 e. The molecule has 4 heteroatoms. The average molecular weight is 394 g/mol. The molecule has 0 saturated heterocycles. The number of nitrogens with one attached hydrogen (secondary N) is 2. The lowest BCUT2D eigenvalue weighted by Gasteiger charge is -2.37. The van der Waals surface area contributed by atoms with E-state index >= 15 is 0 Å². The van der Waals surface area contributed by atoms with Crippen LogP contribution in [0.3, 0.4) is 0 Å². The van der Waals surface area contributed by atoms with Crippen molar-refractivity contribution in [1.29, 1.82) is 0 Å². The van der Waals surface area contributed by atoms with Gasteiger partial charge in [-0.1, -0.05) is 103 Å². The molecule has 3 N–H and O–H groups in total. The molecule has 0 saturated carbocycles. The van der Waals surface area contributed by atoms with Gasteiger partial charge in [0, 0.05) is 0 Å². The number of hydrazine groups is 1. The number of anilines is 1. The van der Waals surface area contributed by atoms with Gasteiger partial charge in [-0.05, 0) is 28.8 Å². The molecule has 4 nitrogen and oxygen atoms in total. The monoisotopic (exact) mass is 394 g/mol. The van der Waals surface area contributed by atoms with Gasteiger partial charge in [0.15, 0.2) is 0 Å². The first-order chi connectivity index (χ1) is 14.7. The van der Waals surface area contributed by atoms with Crippen molar-refractivity contribution in [2.24, 2.45) is 0 Å². The quantitative estimate of drug-likeness (QED) is 0.294. The van der Waals surface area contributed by atoms with Crippen LogP contribution in [0.2, 0.25) is 0 Å². The number of carboxylic acid groups (broad SMARTS) is 1. The predicted octanol–water partition coefficient (Wildman–Crippen LogP) is 5.29. The molecule has 4 aromatic carbocycles. The van der Waals surface area contributed by atoms with Gasteiger partial charge < -0.3 is 10.5 Å². The number of carbonyl (C=O) groups is 1. The summed E-state index contributed by atoms with van der Waals surface area (Å²) in [5.74, 6) is -0.982. The molecule has 4 rings (SSSR count). The minimum Gasteiger partial charge on any atom is -0.478 e. The largest absolute Gasteiger partial charge is 0.478 e. The number of para-hydroxylation sites is 1. The van der Waals surface area contributed by atoms with Crippen molar-refractivity contribution in [1.82, 2.24) is 5.43 Å². The zero-order chi connectivity index (χ0) is 20.8. The van der Waals surface area contributed by atoms with Crippen LogP contribution in [0.25, 0.3) is 0 Å². The van der Waals surface area contributed by atoms with Crippen LogP contribution < -0.4 is 10.9 Å². The zero-order valence-corrected chi connectivity index (χ0v) is 16.3. The molecule has 0 fully saturated rings. The fourth-order valence-electron chi connectivity index (χ4n) is 3.72. The highest BCUT2D eigenvalue weighted by Gasteiger charge is 2.36. The van der Waals surface area contributed by atoms with Crippen LogP contribution in [0.4, 0.5) is 5.69 Å². The van der Waals surface area contributed by atoms with E-state index in [1.165, 1.54) is 0 Å². The van der Waals surface area contributed by atoms with Gasteiger partial charge in [-0.2, -0.15) is 0 Å². The molecule has 0 aliphatic heterocycles. The highest BCUT2D eigenvalue weighted by Crippen LogP contribution is 2.36. The lowest BCUT2D eigenvalue weighted by Crippen LogP contribution is -2.47. The van der Waals surface area contributed by atoms with Gasteiger partial charge in [-0.25, -0.2) is 10.2 Å². The molecular weight excluding hydrogens is 372 g/mol. The Bertz CT molecular complexity index is 1020. The van der Waals surface area contributed by atoms with Crippen LogP contribution >= 0.6 is 0 Å². The van der Waals surface area contributed by atoms with Gasteiger partial charge in [0.05, 0.1) is 11.3 Å². The predicted molar refractivity (Wildman–Crippen MR) is 119 cm³/mol. The van der Waals surface area contributed by atoms with E-state index in [-0.39, 0.29) is 5.56 Å². The number of aromatic carboxylic acids is 1. The third-order valence-electron chi connectivity index (χ3n) is 5.16. The van der Waals surface area contributed by atoms with Crippen LogP contribution in [0.5, 0.6) is 0 Å². The van der Waals surface area contributed by atoms with Gasteiger partial charge in [0.1, 0.15) is 5.54 Å². The molecule has 0 aliphatic carbocycles. The molecule has 30 heavy (non-hydrogen) atoms. The van der Waals surface area contributed by atoms with Crippen LogP contribution in [0.1, 0.15) is 27.0 Å². The molecular formula is C26H22N2O2. The molecule has 0 heterocycles. The highest BCUT2D eigenvalue weighted by atomic mass is 16.4. The lowest BCUT2D eigenvalue weighted by atomic mass is 9.77. The maximum Gasteiger partial charge on any atom is 0.337 e. The van der Waals surface area contributed by atoms with E-state index in [1.54, 1.807) is 18.2 Å². The molecule has 0 unspecified atom stereocenters. The Balaban J connectivity index is 1.89. The Morgan fingerprint density at radius 1 is 0.600 bits per heavy atom. The molecule has 0 bridgehead atoms. The van der Waals surface area contributed by atoms with Crippen LogP contribution in [0, 0.1) is 0 Å².